The molecule has 0 aromatic rings. The van der Waals surface area contributed by atoms with Crippen LogP contribution in [0.3, 0.4) is 0 Å². The molecule has 3 N–H and O–H groups in total. The lowest BCUT2D eigenvalue weighted by atomic mass is 10.1. The number of unbranched alkanes of at least 4 members (excludes halogenated alkanes) is 9. The van der Waals surface area contributed by atoms with Crippen molar-refractivity contribution in [3.05, 3.63) is 97.2 Å². The predicted octanol–water partition coefficient (Wildman–Crippen LogP) is 11.6. The summed E-state index contributed by atoms with van der Waals surface area (Å²) in [5, 5.41) is 13.7. The monoisotopic (exact) mass is 788 g/mol. The molecule has 0 bridgehead atoms. The number of nitrogens with one attached hydrogen (secondary N) is 1. The third-order valence-electron chi connectivity index (χ3n) is 8.54. The van der Waals surface area contributed by atoms with E-state index in [1.807, 2.05) is 27.2 Å². The fourth-order valence-electron chi connectivity index (χ4n) is 5.17. The minimum atomic E-state index is -4.36. The van der Waals surface area contributed by atoms with Gasteiger partial charge >= 0.3 is 7.82 Å². The molecule has 0 fully saturated rings. The molecule has 0 saturated carbocycles. The van der Waals surface area contributed by atoms with E-state index >= 15 is 0 Å². The Morgan fingerprint density at radius 1 is 0.636 bits per heavy atom. The molecule has 0 radical (unpaired) electrons. The van der Waals surface area contributed by atoms with E-state index in [4.69, 9.17) is 9.05 Å². The Balaban J connectivity index is 4.58. The van der Waals surface area contributed by atoms with Crippen molar-refractivity contribution in [3.63, 3.8) is 0 Å². The molecule has 314 valence electrons. The first-order chi connectivity index (χ1) is 26.5. The quantitative estimate of drug-likeness (QED) is 0.0253. The van der Waals surface area contributed by atoms with Gasteiger partial charge < -0.3 is 19.8 Å². The molecule has 0 spiro atoms. The van der Waals surface area contributed by atoms with E-state index in [1.54, 1.807) is 6.08 Å². The van der Waals surface area contributed by atoms with E-state index in [0.717, 1.165) is 70.6 Å². The summed E-state index contributed by atoms with van der Waals surface area (Å²) in [6, 6.07) is -0.891. The summed E-state index contributed by atoms with van der Waals surface area (Å²) < 4.78 is 23.4. The Bertz CT molecular complexity index is 1210. The minimum Gasteiger partial charge on any atom is -0.387 e. The lowest BCUT2D eigenvalue weighted by Gasteiger charge is -2.25. The van der Waals surface area contributed by atoms with E-state index in [0.29, 0.717) is 17.4 Å². The van der Waals surface area contributed by atoms with Gasteiger partial charge in [-0.3, -0.25) is 13.8 Å². The van der Waals surface area contributed by atoms with Gasteiger partial charge in [-0.25, -0.2) is 4.57 Å². The van der Waals surface area contributed by atoms with Crippen LogP contribution in [0.25, 0.3) is 0 Å². The SMILES string of the molecule is CC/C=C\C/C=C\C/C=C\C/C=C\C/C=C\C/C=C\CCCCC(=O)NC(COP(=O)(O)OCC[N+](C)(C)C)C(O)/C=C/CC/C=C/CCCCCCCC. The molecule has 55 heavy (non-hydrogen) atoms. The van der Waals surface area contributed by atoms with Crippen molar-refractivity contribution in [3.8, 4) is 0 Å². The van der Waals surface area contributed by atoms with Gasteiger partial charge in [-0.05, 0) is 83.5 Å². The van der Waals surface area contributed by atoms with Crippen molar-refractivity contribution >= 4 is 13.7 Å². The number of carbonyl (C=O) groups is 1. The standard InChI is InChI=1S/C46H79N2O6P/c1-6-8-10-12-14-16-18-20-21-22-23-24-25-26-27-28-30-32-34-36-38-40-46(50)47-44(43-54-55(51,52)53-42-41-48(3,4)5)45(49)39-37-35-33-31-29-19-17-15-13-11-9-7-2/h8,10,14,16,20-21,23-24,26-27,29-32,37,39,44-45,49H,6-7,9,11-13,15,17-19,22,25,28,33-36,38,40-43H2,1-5H3,(H-,47,50,51,52)/p+1/b10-8-,16-14-,21-20-,24-23-,27-26-,31-29+,32-30-,39-37+. The fourth-order valence-corrected chi connectivity index (χ4v) is 5.91. The largest absolute Gasteiger partial charge is 0.472 e. The molecular formula is C46H80N2O6P+. The minimum absolute atomic E-state index is 0.0416. The maximum absolute atomic E-state index is 12.8. The number of amides is 1. The molecule has 0 aliphatic carbocycles. The number of rotatable bonds is 36. The number of nitrogens with zero attached hydrogens (tertiary/aromatic N) is 1. The Morgan fingerprint density at radius 3 is 1.67 bits per heavy atom. The highest BCUT2D eigenvalue weighted by Gasteiger charge is 2.27. The summed E-state index contributed by atoms with van der Waals surface area (Å²) in [5.41, 5.74) is 0. The third-order valence-corrected chi connectivity index (χ3v) is 9.52. The van der Waals surface area contributed by atoms with Gasteiger partial charge in [0.05, 0.1) is 39.9 Å². The van der Waals surface area contributed by atoms with Crippen LogP contribution < -0.4 is 5.32 Å². The van der Waals surface area contributed by atoms with Gasteiger partial charge in [0.2, 0.25) is 5.91 Å². The van der Waals surface area contributed by atoms with E-state index < -0.39 is 20.0 Å². The van der Waals surface area contributed by atoms with Gasteiger partial charge in [-0.1, -0.05) is 143 Å². The van der Waals surface area contributed by atoms with Crippen LogP contribution in [0.5, 0.6) is 0 Å². The molecule has 8 nitrogen and oxygen atoms in total. The van der Waals surface area contributed by atoms with E-state index in [9.17, 15) is 19.4 Å². The molecule has 0 aromatic carbocycles. The number of hydrogen-bond acceptors (Lipinski definition) is 5. The molecule has 0 heterocycles. The van der Waals surface area contributed by atoms with Crippen molar-refractivity contribution in [2.45, 2.75) is 148 Å². The molecule has 3 unspecified atom stereocenters. The van der Waals surface area contributed by atoms with Crippen LogP contribution in [0.1, 0.15) is 136 Å². The second kappa shape index (κ2) is 37.0. The molecule has 0 aliphatic heterocycles. The number of aliphatic hydroxyl groups excluding tert-OH is 1. The van der Waals surface area contributed by atoms with Crippen LogP contribution in [0.2, 0.25) is 0 Å². The highest BCUT2D eigenvalue weighted by atomic mass is 31.2. The van der Waals surface area contributed by atoms with Crippen molar-refractivity contribution in [2.24, 2.45) is 0 Å². The lowest BCUT2D eigenvalue weighted by Crippen LogP contribution is -2.45. The Morgan fingerprint density at radius 2 is 1.11 bits per heavy atom. The molecule has 0 aliphatic rings. The van der Waals surface area contributed by atoms with Crippen LogP contribution in [0, 0.1) is 0 Å². The molecule has 3 atom stereocenters. The molecule has 0 aromatic heterocycles. The van der Waals surface area contributed by atoms with E-state index in [1.165, 1.54) is 38.5 Å². The van der Waals surface area contributed by atoms with Crippen LogP contribution in [0.4, 0.5) is 0 Å². The fraction of sp³-hybridized carbons (Fsp3) is 0.630. The third kappa shape index (κ3) is 39.5. The highest BCUT2D eigenvalue weighted by molar-refractivity contribution is 7.47. The average Bonchev–Trinajstić information content (AvgIpc) is 3.13. The molecular weight excluding hydrogens is 707 g/mol. The second-order valence-electron chi connectivity index (χ2n) is 15.0. The topological polar surface area (TPSA) is 105 Å². The average molecular weight is 788 g/mol. The Labute approximate surface area is 337 Å². The van der Waals surface area contributed by atoms with Gasteiger partial charge in [-0.2, -0.15) is 0 Å². The number of carbonyl (C=O) groups excluding carboxylic acids is 1. The van der Waals surface area contributed by atoms with Crippen LogP contribution in [-0.4, -0.2) is 73.4 Å². The zero-order valence-electron chi connectivity index (χ0n) is 35.4. The lowest BCUT2D eigenvalue weighted by molar-refractivity contribution is -0.870. The van der Waals surface area contributed by atoms with Crippen molar-refractivity contribution < 1.29 is 32.9 Å². The van der Waals surface area contributed by atoms with Crippen molar-refractivity contribution in [1.82, 2.24) is 5.32 Å². The van der Waals surface area contributed by atoms with Gasteiger partial charge in [0.1, 0.15) is 13.2 Å². The van der Waals surface area contributed by atoms with Crippen LogP contribution >= 0.6 is 7.82 Å². The second-order valence-corrected chi connectivity index (χ2v) is 16.4. The van der Waals surface area contributed by atoms with Crippen LogP contribution in [-0.2, 0) is 18.4 Å². The van der Waals surface area contributed by atoms with Crippen LogP contribution in [0.15, 0.2) is 97.2 Å². The Hall–Kier alpha value is -2.58. The number of phosphoric acid groups is 1. The molecule has 1 amide bonds. The summed E-state index contributed by atoms with van der Waals surface area (Å²) >= 11 is 0. The van der Waals surface area contributed by atoms with Crippen molar-refractivity contribution in [1.29, 1.82) is 0 Å². The zero-order valence-corrected chi connectivity index (χ0v) is 36.3. The summed E-state index contributed by atoms with van der Waals surface area (Å²) in [5.74, 6) is -0.236. The summed E-state index contributed by atoms with van der Waals surface area (Å²) in [4.78, 5) is 23.0. The predicted molar refractivity (Wildman–Crippen MR) is 235 cm³/mol. The number of likely N-dealkylation sites (N-methyl/N-ethyl adjacent to an activating group) is 1. The van der Waals surface area contributed by atoms with E-state index in [2.05, 4.69) is 104 Å². The van der Waals surface area contributed by atoms with Gasteiger partial charge in [0, 0.05) is 6.42 Å². The molecule has 0 saturated heterocycles. The number of aliphatic hydroxyl groups is 1. The van der Waals surface area contributed by atoms with Gasteiger partial charge in [0.15, 0.2) is 0 Å². The zero-order chi connectivity index (χ0) is 40.7. The summed E-state index contributed by atoms with van der Waals surface area (Å²) in [6.07, 6.45) is 52.0. The first-order valence-electron chi connectivity index (χ1n) is 21.1. The first kappa shape index (κ1) is 52.4. The maximum Gasteiger partial charge on any atom is 0.472 e. The smallest absolute Gasteiger partial charge is 0.387 e. The summed E-state index contributed by atoms with van der Waals surface area (Å²) in [7, 11) is 1.50. The normalized spacial score (nSPS) is 15.4. The molecule has 0 rings (SSSR count). The van der Waals surface area contributed by atoms with Crippen molar-refractivity contribution in [2.75, 3.05) is 40.9 Å². The Kier molecular flexibility index (Phi) is 35.3. The molecule has 9 heteroatoms. The maximum atomic E-state index is 12.8. The highest BCUT2D eigenvalue weighted by Crippen LogP contribution is 2.43. The summed E-state index contributed by atoms with van der Waals surface area (Å²) in [6.45, 7) is 4.59. The number of quaternary nitrogens is 1. The van der Waals surface area contributed by atoms with E-state index in [-0.39, 0.29) is 25.5 Å². The first-order valence-corrected chi connectivity index (χ1v) is 22.6. The van der Waals surface area contributed by atoms with Gasteiger partial charge in [-0.15, -0.1) is 0 Å². The number of phosphoric ester groups is 1. The number of allylic oxidation sites excluding steroid dienone is 15. The number of hydrogen-bond donors (Lipinski definition) is 3. The van der Waals surface area contributed by atoms with Gasteiger partial charge in [0.25, 0.3) is 0 Å².